The molecular weight excluding hydrogens is 349 g/mol. The Morgan fingerprint density at radius 2 is 2.22 bits per heavy atom. The molecule has 6 nitrogen and oxygen atoms in total. The highest BCUT2D eigenvalue weighted by atomic mass is 19.1. The number of rotatable bonds is 7. The van der Waals surface area contributed by atoms with Gasteiger partial charge >= 0.3 is 0 Å². The number of Topliss-reactive ketones (excluding diaryl/α,β-unsaturated/α-hetero) is 1. The van der Waals surface area contributed by atoms with E-state index in [1.54, 1.807) is 18.3 Å². The lowest BCUT2D eigenvalue weighted by Crippen LogP contribution is -2.45. The second kappa shape index (κ2) is 9.01. The Morgan fingerprint density at radius 3 is 2.93 bits per heavy atom. The predicted octanol–water partition coefficient (Wildman–Crippen LogP) is 3.29. The molecule has 2 heterocycles. The van der Waals surface area contributed by atoms with Gasteiger partial charge in [0.05, 0.1) is 24.7 Å². The molecule has 0 amide bonds. The first-order valence-electron chi connectivity index (χ1n) is 9.16. The van der Waals surface area contributed by atoms with Crippen LogP contribution in [0, 0.1) is 12.7 Å². The zero-order chi connectivity index (χ0) is 19.2. The molecule has 1 aromatic carbocycles. The molecule has 0 bridgehead atoms. The molecular formula is C20H24FN3O3. The number of aryl methyl sites for hydroxylation is 1. The number of hydrogen-bond donors (Lipinski definition) is 0. The van der Waals surface area contributed by atoms with Crippen molar-refractivity contribution in [3.63, 3.8) is 0 Å². The van der Waals surface area contributed by atoms with E-state index in [0.717, 1.165) is 24.2 Å². The second-order valence-corrected chi connectivity index (χ2v) is 6.69. The molecule has 0 radical (unpaired) electrons. The maximum Gasteiger partial charge on any atom is 0.237 e. The Bertz CT molecular complexity index is 783. The van der Waals surface area contributed by atoms with Gasteiger partial charge in [-0.3, -0.25) is 14.7 Å². The summed E-state index contributed by atoms with van der Waals surface area (Å²) >= 11 is 0. The van der Waals surface area contributed by atoms with Crippen molar-refractivity contribution in [2.75, 3.05) is 19.7 Å². The summed E-state index contributed by atoms with van der Waals surface area (Å²) in [6.45, 7) is 6.21. The lowest BCUT2D eigenvalue weighted by atomic mass is 10.1. The third-order valence-electron chi connectivity index (χ3n) is 4.38. The second-order valence-electron chi connectivity index (χ2n) is 6.69. The van der Waals surface area contributed by atoms with Crippen molar-refractivity contribution in [2.45, 2.75) is 39.3 Å². The molecule has 1 aliphatic rings. The highest BCUT2D eigenvalue weighted by Crippen LogP contribution is 2.23. The molecule has 7 heteroatoms. The molecule has 0 spiro atoms. The maximum atomic E-state index is 13.9. The highest BCUT2D eigenvalue weighted by molar-refractivity contribution is 5.83. The lowest BCUT2D eigenvalue weighted by Gasteiger charge is -2.31. The van der Waals surface area contributed by atoms with Crippen molar-refractivity contribution in [3.8, 4) is 11.6 Å². The van der Waals surface area contributed by atoms with Crippen molar-refractivity contribution < 1.29 is 18.7 Å². The van der Waals surface area contributed by atoms with Crippen molar-refractivity contribution >= 4 is 5.78 Å². The van der Waals surface area contributed by atoms with Gasteiger partial charge in [-0.25, -0.2) is 9.37 Å². The van der Waals surface area contributed by atoms with Crippen LogP contribution in [0.3, 0.4) is 0 Å². The number of ketones is 1. The van der Waals surface area contributed by atoms with Gasteiger partial charge in [0.2, 0.25) is 5.88 Å². The molecule has 2 aromatic rings. The van der Waals surface area contributed by atoms with E-state index in [2.05, 4.69) is 14.9 Å². The van der Waals surface area contributed by atoms with Crippen LogP contribution in [-0.2, 0) is 16.1 Å². The number of hydrogen-bond acceptors (Lipinski definition) is 6. The molecule has 144 valence electrons. The summed E-state index contributed by atoms with van der Waals surface area (Å²) in [6.07, 6.45) is 4.10. The Hall–Kier alpha value is -2.38. The zero-order valence-corrected chi connectivity index (χ0v) is 15.7. The molecule has 0 N–H and O–H groups in total. The molecule has 0 unspecified atom stereocenters. The summed E-state index contributed by atoms with van der Waals surface area (Å²) in [6, 6.07) is 4.75. The maximum absolute atomic E-state index is 13.9. The molecule has 1 aliphatic heterocycles. The van der Waals surface area contributed by atoms with E-state index in [1.807, 2.05) is 13.8 Å². The standard InChI is InChI=1S/C20H24FN3O3/c1-3-4-17(25)19-13-24(7-8-26-19)12-15-10-23-20(11-22-15)27-18-6-5-14(2)9-16(18)21/h5-6,9-11,19H,3-4,7-8,12-13H2,1-2H3/t19-/m0/s1. The number of aromatic nitrogens is 2. The molecule has 3 rings (SSSR count). The highest BCUT2D eigenvalue weighted by Gasteiger charge is 2.26. The molecule has 1 fully saturated rings. The van der Waals surface area contributed by atoms with E-state index in [9.17, 15) is 9.18 Å². The van der Waals surface area contributed by atoms with Gasteiger partial charge in [-0.2, -0.15) is 0 Å². The van der Waals surface area contributed by atoms with Crippen LogP contribution < -0.4 is 4.74 Å². The first-order valence-corrected chi connectivity index (χ1v) is 9.16. The van der Waals surface area contributed by atoms with E-state index in [4.69, 9.17) is 9.47 Å². The smallest absolute Gasteiger partial charge is 0.237 e. The van der Waals surface area contributed by atoms with E-state index in [-0.39, 0.29) is 23.5 Å². The van der Waals surface area contributed by atoms with Gasteiger partial charge in [0, 0.05) is 26.1 Å². The van der Waals surface area contributed by atoms with Crippen LogP contribution in [0.2, 0.25) is 0 Å². The van der Waals surface area contributed by atoms with Crippen LogP contribution >= 0.6 is 0 Å². The summed E-state index contributed by atoms with van der Waals surface area (Å²) in [5.74, 6) is 0.0710. The Morgan fingerprint density at radius 1 is 1.37 bits per heavy atom. The van der Waals surface area contributed by atoms with Gasteiger partial charge in [0.25, 0.3) is 0 Å². The average molecular weight is 373 g/mol. The Kier molecular flexibility index (Phi) is 6.47. The normalized spacial score (nSPS) is 17.7. The Labute approximate surface area is 158 Å². The van der Waals surface area contributed by atoms with Gasteiger partial charge in [-0.15, -0.1) is 0 Å². The summed E-state index contributed by atoms with van der Waals surface area (Å²) in [4.78, 5) is 22.7. The minimum atomic E-state index is -0.433. The third-order valence-corrected chi connectivity index (χ3v) is 4.38. The van der Waals surface area contributed by atoms with Crippen LogP contribution in [0.1, 0.15) is 31.0 Å². The van der Waals surface area contributed by atoms with Crippen molar-refractivity contribution in [1.82, 2.24) is 14.9 Å². The molecule has 1 aromatic heterocycles. The quantitative estimate of drug-likeness (QED) is 0.742. The summed E-state index contributed by atoms with van der Waals surface area (Å²) in [5.41, 5.74) is 1.58. The van der Waals surface area contributed by atoms with Crippen molar-refractivity contribution in [2.24, 2.45) is 0 Å². The molecule has 1 atom stereocenters. The number of nitrogens with zero attached hydrogens (tertiary/aromatic N) is 3. The van der Waals surface area contributed by atoms with E-state index >= 15 is 0 Å². The van der Waals surface area contributed by atoms with E-state index < -0.39 is 5.82 Å². The topological polar surface area (TPSA) is 64.6 Å². The number of ether oxygens (including phenoxy) is 2. The fourth-order valence-corrected chi connectivity index (χ4v) is 2.96. The summed E-state index contributed by atoms with van der Waals surface area (Å²) in [7, 11) is 0. The fraction of sp³-hybridized carbons (Fsp3) is 0.450. The van der Waals surface area contributed by atoms with Crippen LogP contribution in [-0.4, -0.2) is 46.5 Å². The number of halogens is 1. The minimum Gasteiger partial charge on any atom is -0.434 e. The van der Waals surface area contributed by atoms with Crippen LogP contribution in [0.4, 0.5) is 4.39 Å². The first kappa shape index (κ1) is 19.4. The Balaban J connectivity index is 1.58. The SMILES string of the molecule is CCCC(=O)[C@@H]1CN(Cc2cnc(Oc3ccc(C)cc3F)cn2)CCO1. The zero-order valence-electron chi connectivity index (χ0n) is 15.7. The third kappa shape index (κ3) is 5.30. The van der Waals surface area contributed by atoms with Crippen LogP contribution in [0.25, 0.3) is 0 Å². The monoisotopic (exact) mass is 373 g/mol. The van der Waals surface area contributed by atoms with Gasteiger partial charge in [-0.1, -0.05) is 13.0 Å². The van der Waals surface area contributed by atoms with Crippen molar-refractivity contribution in [3.05, 3.63) is 47.7 Å². The number of morpholine rings is 1. The summed E-state index contributed by atoms with van der Waals surface area (Å²) in [5, 5.41) is 0. The molecule has 27 heavy (non-hydrogen) atoms. The first-order chi connectivity index (χ1) is 13.0. The molecule has 1 saturated heterocycles. The van der Waals surface area contributed by atoms with Crippen LogP contribution in [0.5, 0.6) is 11.6 Å². The van der Waals surface area contributed by atoms with Crippen molar-refractivity contribution in [1.29, 1.82) is 0 Å². The molecule has 0 saturated carbocycles. The fourth-order valence-electron chi connectivity index (χ4n) is 2.96. The lowest BCUT2D eigenvalue weighted by molar-refractivity contribution is -0.136. The van der Waals surface area contributed by atoms with E-state index in [1.165, 1.54) is 12.3 Å². The number of carbonyl (C=O) groups is 1. The van der Waals surface area contributed by atoms with Gasteiger partial charge in [-0.05, 0) is 31.0 Å². The van der Waals surface area contributed by atoms with Gasteiger partial charge in [0.15, 0.2) is 17.3 Å². The van der Waals surface area contributed by atoms with Gasteiger partial charge < -0.3 is 9.47 Å². The predicted molar refractivity (Wildman–Crippen MR) is 98.2 cm³/mol. The molecule has 0 aliphatic carbocycles. The summed E-state index contributed by atoms with van der Waals surface area (Å²) < 4.78 is 24.9. The minimum absolute atomic E-state index is 0.119. The average Bonchev–Trinajstić information content (AvgIpc) is 2.66. The van der Waals surface area contributed by atoms with E-state index in [0.29, 0.717) is 26.1 Å². The largest absolute Gasteiger partial charge is 0.434 e. The van der Waals surface area contributed by atoms with Gasteiger partial charge in [0.1, 0.15) is 6.10 Å². The van der Waals surface area contributed by atoms with Crippen LogP contribution in [0.15, 0.2) is 30.6 Å². The number of carbonyl (C=O) groups excluding carboxylic acids is 1. The number of benzene rings is 1.